The van der Waals surface area contributed by atoms with Crippen LogP contribution in [-0.2, 0) is 13.5 Å². The molecule has 2 aromatic heterocycles. The van der Waals surface area contributed by atoms with E-state index in [1.807, 2.05) is 26.2 Å². The van der Waals surface area contributed by atoms with Gasteiger partial charge < -0.3 is 5.32 Å². The number of nitrogens with zero attached hydrogens (tertiary/aromatic N) is 4. The SMILES string of the molecule is Cc1ncc2c(n1)CCC[C@@H]2NC(=O)c1cc(C2CC2)nn1C. The first kappa shape index (κ1) is 14.4. The largest absolute Gasteiger partial charge is 0.344 e. The van der Waals surface area contributed by atoms with Gasteiger partial charge in [0.15, 0.2) is 0 Å². The molecular formula is C17H21N5O. The van der Waals surface area contributed by atoms with Crippen LogP contribution in [0.3, 0.4) is 0 Å². The number of rotatable bonds is 3. The Hall–Kier alpha value is -2.24. The number of hydrogen-bond acceptors (Lipinski definition) is 4. The summed E-state index contributed by atoms with van der Waals surface area (Å²) in [6.45, 7) is 1.90. The van der Waals surface area contributed by atoms with Crippen LogP contribution in [0.4, 0.5) is 0 Å². The molecule has 6 heteroatoms. The molecule has 4 rings (SSSR count). The van der Waals surface area contributed by atoms with E-state index in [0.29, 0.717) is 11.6 Å². The first-order chi connectivity index (χ1) is 11.1. The monoisotopic (exact) mass is 311 g/mol. The fourth-order valence-corrected chi connectivity index (χ4v) is 3.31. The van der Waals surface area contributed by atoms with Crippen molar-refractivity contribution >= 4 is 5.91 Å². The summed E-state index contributed by atoms with van der Waals surface area (Å²) >= 11 is 0. The van der Waals surface area contributed by atoms with Crippen molar-refractivity contribution in [3.63, 3.8) is 0 Å². The maximum Gasteiger partial charge on any atom is 0.270 e. The number of nitrogens with one attached hydrogen (secondary N) is 1. The first-order valence-electron chi connectivity index (χ1n) is 8.29. The molecule has 6 nitrogen and oxygen atoms in total. The average molecular weight is 311 g/mol. The van der Waals surface area contributed by atoms with Crippen LogP contribution >= 0.6 is 0 Å². The molecule has 120 valence electrons. The standard InChI is InChI=1S/C17H21N5O/c1-10-18-9-12-13(19-10)4-3-5-14(12)20-17(23)16-8-15(11-6-7-11)21-22(16)2/h8-9,11,14H,3-7H2,1-2H3,(H,20,23)/t14-/m0/s1. The lowest BCUT2D eigenvalue weighted by Gasteiger charge is -2.25. The number of fused-ring (bicyclic) bond motifs is 1. The lowest BCUT2D eigenvalue weighted by Crippen LogP contribution is -2.32. The molecule has 0 bridgehead atoms. The number of carbonyl (C=O) groups is 1. The van der Waals surface area contributed by atoms with E-state index in [0.717, 1.165) is 42.0 Å². The van der Waals surface area contributed by atoms with Crippen LogP contribution in [0.1, 0.15) is 70.9 Å². The molecule has 0 spiro atoms. The second kappa shape index (κ2) is 5.44. The fraction of sp³-hybridized carbons (Fsp3) is 0.529. The summed E-state index contributed by atoms with van der Waals surface area (Å²) in [5, 5.41) is 7.62. The molecule has 1 N–H and O–H groups in total. The molecule has 2 heterocycles. The van der Waals surface area contributed by atoms with Crippen LogP contribution in [0.2, 0.25) is 0 Å². The zero-order valence-corrected chi connectivity index (χ0v) is 13.5. The van der Waals surface area contributed by atoms with Crippen molar-refractivity contribution in [2.75, 3.05) is 0 Å². The van der Waals surface area contributed by atoms with Gasteiger partial charge >= 0.3 is 0 Å². The van der Waals surface area contributed by atoms with Crippen LogP contribution in [-0.4, -0.2) is 25.7 Å². The Kier molecular flexibility index (Phi) is 3.39. The third kappa shape index (κ3) is 2.73. The highest BCUT2D eigenvalue weighted by molar-refractivity contribution is 5.93. The number of amides is 1. The number of hydrogen-bond donors (Lipinski definition) is 1. The van der Waals surface area contributed by atoms with Crippen molar-refractivity contribution in [1.29, 1.82) is 0 Å². The highest BCUT2D eigenvalue weighted by Gasteiger charge is 2.29. The highest BCUT2D eigenvalue weighted by atomic mass is 16.2. The topological polar surface area (TPSA) is 72.7 Å². The van der Waals surface area contributed by atoms with Crippen molar-refractivity contribution in [2.45, 2.75) is 51.0 Å². The van der Waals surface area contributed by atoms with Gasteiger partial charge in [0.2, 0.25) is 0 Å². The Labute approximate surface area is 135 Å². The molecular weight excluding hydrogens is 290 g/mol. The maximum atomic E-state index is 12.7. The van der Waals surface area contributed by atoms with Gasteiger partial charge in [-0.05, 0) is 45.1 Å². The van der Waals surface area contributed by atoms with Crippen LogP contribution in [0.5, 0.6) is 0 Å². The molecule has 0 saturated heterocycles. The molecule has 1 amide bonds. The fourth-order valence-electron chi connectivity index (χ4n) is 3.31. The summed E-state index contributed by atoms with van der Waals surface area (Å²) in [7, 11) is 1.84. The molecule has 2 aliphatic carbocycles. The predicted octanol–water partition coefficient (Wildman–Crippen LogP) is 2.20. The quantitative estimate of drug-likeness (QED) is 0.943. The van der Waals surface area contributed by atoms with Gasteiger partial charge in [-0.25, -0.2) is 9.97 Å². The molecule has 1 fully saturated rings. The zero-order valence-electron chi connectivity index (χ0n) is 13.5. The normalized spacial score (nSPS) is 20.2. The molecule has 2 aromatic rings. The lowest BCUT2D eigenvalue weighted by atomic mass is 9.92. The van der Waals surface area contributed by atoms with E-state index in [9.17, 15) is 4.79 Å². The summed E-state index contributed by atoms with van der Waals surface area (Å²) in [6, 6.07) is 1.92. The number of aryl methyl sites for hydroxylation is 3. The first-order valence-corrected chi connectivity index (χ1v) is 8.29. The third-order valence-corrected chi connectivity index (χ3v) is 4.73. The van der Waals surface area contributed by atoms with Crippen molar-refractivity contribution in [2.24, 2.45) is 7.05 Å². The van der Waals surface area contributed by atoms with E-state index in [1.54, 1.807) is 4.68 Å². The molecule has 0 aromatic carbocycles. The van der Waals surface area contributed by atoms with Gasteiger partial charge in [0.25, 0.3) is 5.91 Å². The molecule has 0 aliphatic heterocycles. The van der Waals surface area contributed by atoms with Gasteiger partial charge in [-0.3, -0.25) is 9.48 Å². The highest BCUT2D eigenvalue weighted by Crippen LogP contribution is 2.39. The predicted molar refractivity (Wildman–Crippen MR) is 85.1 cm³/mol. The maximum absolute atomic E-state index is 12.7. The van der Waals surface area contributed by atoms with Gasteiger partial charge in [-0.15, -0.1) is 0 Å². The van der Waals surface area contributed by atoms with Gasteiger partial charge in [0, 0.05) is 30.4 Å². The van der Waals surface area contributed by atoms with E-state index >= 15 is 0 Å². The minimum atomic E-state index is -0.0645. The van der Waals surface area contributed by atoms with Gasteiger partial charge in [0.05, 0.1) is 11.7 Å². The molecule has 2 aliphatic rings. The van der Waals surface area contributed by atoms with E-state index in [1.165, 1.54) is 12.8 Å². The average Bonchev–Trinajstić information content (AvgIpc) is 3.30. The van der Waals surface area contributed by atoms with E-state index in [4.69, 9.17) is 0 Å². The van der Waals surface area contributed by atoms with Crippen LogP contribution in [0.15, 0.2) is 12.3 Å². The number of carbonyl (C=O) groups excluding carboxylic acids is 1. The van der Waals surface area contributed by atoms with E-state index < -0.39 is 0 Å². The lowest BCUT2D eigenvalue weighted by molar-refractivity contribution is 0.0923. The Morgan fingerprint density at radius 3 is 2.96 bits per heavy atom. The minimum Gasteiger partial charge on any atom is -0.344 e. The van der Waals surface area contributed by atoms with Crippen molar-refractivity contribution < 1.29 is 4.79 Å². The van der Waals surface area contributed by atoms with Crippen molar-refractivity contribution in [3.05, 3.63) is 40.7 Å². The van der Waals surface area contributed by atoms with Crippen LogP contribution < -0.4 is 5.32 Å². The van der Waals surface area contributed by atoms with E-state index in [2.05, 4.69) is 20.4 Å². The zero-order chi connectivity index (χ0) is 16.0. The summed E-state index contributed by atoms with van der Waals surface area (Å²) in [5.41, 5.74) is 3.80. The van der Waals surface area contributed by atoms with Gasteiger partial charge in [-0.1, -0.05) is 0 Å². The van der Waals surface area contributed by atoms with Crippen LogP contribution in [0.25, 0.3) is 0 Å². The Morgan fingerprint density at radius 1 is 1.35 bits per heavy atom. The smallest absolute Gasteiger partial charge is 0.270 e. The second-order valence-corrected chi connectivity index (χ2v) is 6.59. The van der Waals surface area contributed by atoms with Gasteiger partial charge in [-0.2, -0.15) is 5.10 Å². The summed E-state index contributed by atoms with van der Waals surface area (Å²) in [6.07, 6.45) is 7.16. The third-order valence-electron chi connectivity index (χ3n) is 4.73. The molecule has 1 atom stereocenters. The molecule has 1 saturated carbocycles. The van der Waals surface area contributed by atoms with Crippen LogP contribution in [0, 0.1) is 6.92 Å². The molecule has 0 unspecified atom stereocenters. The second-order valence-electron chi connectivity index (χ2n) is 6.59. The van der Waals surface area contributed by atoms with Gasteiger partial charge in [0.1, 0.15) is 11.5 Å². The summed E-state index contributed by atoms with van der Waals surface area (Å²) in [5.74, 6) is 1.27. The van der Waals surface area contributed by atoms with Crippen molar-refractivity contribution in [3.8, 4) is 0 Å². The molecule has 0 radical (unpaired) electrons. The Morgan fingerprint density at radius 2 is 2.17 bits per heavy atom. The minimum absolute atomic E-state index is 0.00822. The number of aromatic nitrogens is 4. The van der Waals surface area contributed by atoms with E-state index in [-0.39, 0.29) is 11.9 Å². The summed E-state index contributed by atoms with van der Waals surface area (Å²) in [4.78, 5) is 21.5. The molecule has 23 heavy (non-hydrogen) atoms. The summed E-state index contributed by atoms with van der Waals surface area (Å²) < 4.78 is 1.69. The van der Waals surface area contributed by atoms with Crippen molar-refractivity contribution in [1.82, 2.24) is 25.1 Å². The Balaban J connectivity index is 1.55. The Bertz CT molecular complexity index is 762.